The zero-order chi connectivity index (χ0) is 14.8. The van der Waals surface area contributed by atoms with Crippen LogP contribution >= 0.6 is 0 Å². The third-order valence-corrected chi connectivity index (χ3v) is 2.11. The van der Waals surface area contributed by atoms with Crippen molar-refractivity contribution in [1.82, 2.24) is 4.98 Å². The molecule has 1 N–H and O–H groups in total. The van der Waals surface area contributed by atoms with Gasteiger partial charge in [0.2, 0.25) is 0 Å². The van der Waals surface area contributed by atoms with Gasteiger partial charge in [-0.2, -0.15) is 13.2 Å². The van der Waals surface area contributed by atoms with E-state index < -0.39 is 47.7 Å². The van der Waals surface area contributed by atoms with Crippen molar-refractivity contribution >= 4 is 5.97 Å². The first-order valence-electron chi connectivity index (χ1n) is 4.81. The minimum Gasteiger partial charge on any atom is -0.494 e. The molecule has 0 amide bonds. The zero-order valence-electron chi connectivity index (χ0n) is 9.46. The van der Waals surface area contributed by atoms with Gasteiger partial charge in [-0.3, -0.25) is 4.79 Å². The Bertz CT molecular complexity index is 487. The molecule has 0 radical (unpaired) electrons. The summed E-state index contributed by atoms with van der Waals surface area (Å²) in [5.41, 5.74) is -3.32. The predicted octanol–water partition coefficient (Wildman–Crippen LogP) is 2.67. The molecule has 0 saturated carbocycles. The van der Waals surface area contributed by atoms with Gasteiger partial charge in [-0.05, 0) is 6.07 Å². The highest BCUT2D eigenvalue weighted by atomic mass is 19.4. The lowest BCUT2D eigenvalue weighted by molar-refractivity contribution is -0.140. The van der Waals surface area contributed by atoms with Gasteiger partial charge in [0, 0.05) is 0 Å². The van der Waals surface area contributed by atoms with E-state index in [1.54, 1.807) is 0 Å². The molecule has 0 aliphatic carbocycles. The molecule has 9 heteroatoms. The number of halogens is 5. The van der Waals surface area contributed by atoms with E-state index in [-0.39, 0.29) is 6.07 Å². The van der Waals surface area contributed by atoms with Crippen LogP contribution in [0.5, 0.6) is 5.75 Å². The number of hydrogen-bond acceptors (Lipinski definition) is 3. The normalized spacial score (nSPS) is 11.7. The Labute approximate surface area is 103 Å². The van der Waals surface area contributed by atoms with Crippen LogP contribution in [0.15, 0.2) is 6.07 Å². The van der Waals surface area contributed by atoms with E-state index in [1.165, 1.54) is 0 Å². The molecule has 1 rings (SSSR count). The smallest absolute Gasteiger partial charge is 0.420 e. The fraction of sp³-hybridized carbons (Fsp3) is 0.400. The van der Waals surface area contributed by atoms with Crippen molar-refractivity contribution in [2.45, 2.75) is 19.0 Å². The maximum atomic E-state index is 12.7. The van der Waals surface area contributed by atoms with Crippen LogP contribution in [0.3, 0.4) is 0 Å². The van der Waals surface area contributed by atoms with Crippen LogP contribution in [0, 0.1) is 0 Å². The van der Waals surface area contributed by atoms with Gasteiger partial charge in [0.25, 0.3) is 6.43 Å². The Balaban J connectivity index is 3.51. The molecule has 0 aliphatic rings. The zero-order valence-corrected chi connectivity index (χ0v) is 9.46. The standard InChI is InChI=1S/C10H8F5NO3/c1-19-8-4(10(13,14)15)2-6(9(11)12)16-5(8)3-7(17)18/h2,9H,3H2,1H3,(H,17,18). The Hall–Kier alpha value is -1.93. The van der Waals surface area contributed by atoms with Crippen molar-refractivity contribution in [1.29, 1.82) is 0 Å². The molecule has 19 heavy (non-hydrogen) atoms. The second kappa shape index (κ2) is 5.37. The third-order valence-electron chi connectivity index (χ3n) is 2.11. The van der Waals surface area contributed by atoms with Gasteiger partial charge in [0.15, 0.2) is 5.75 Å². The number of methoxy groups -OCH3 is 1. The SMILES string of the molecule is COc1c(C(F)(F)F)cc(C(F)F)nc1CC(=O)O. The molecule has 0 unspecified atom stereocenters. The highest BCUT2D eigenvalue weighted by molar-refractivity contribution is 5.71. The summed E-state index contributed by atoms with van der Waals surface area (Å²) in [4.78, 5) is 13.7. The minimum atomic E-state index is -4.95. The molecular formula is C10H8F5NO3. The Morgan fingerprint density at radius 3 is 2.42 bits per heavy atom. The largest absolute Gasteiger partial charge is 0.494 e. The van der Waals surface area contributed by atoms with Crippen molar-refractivity contribution in [2.24, 2.45) is 0 Å². The highest BCUT2D eigenvalue weighted by Gasteiger charge is 2.37. The van der Waals surface area contributed by atoms with Crippen LogP contribution in [-0.4, -0.2) is 23.2 Å². The number of alkyl halides is 5. The van der Waals surface area contributed by atoms with Gasteiger partial charge in [0.1, 0.15) is 11.3 Å². The second-order valence-electron chi connectivity index (χ2n) is 3.44. The molecule has 0 atom stereocenters. The number of ether oxygens (including phenoxy) is 1. The summed E-state index contributed by atoms with van der Waals surface area (Å²) in [6.45, 7) is 0. The average molecular weight is 285 g/mol. The summed E-state index contributed by atoms with van der Waals surface area (Å²) >= 11 is 0. The van der Waals surface area contributed by atoms with Gasteiger partial charge in [-0.15, -0.1) is 0 Å². The number of rotatable bonds is 4. The first-order chi connectivity index (χ1) is 8.66. The Kier molecular flexibility index (Phi) is 4.28. The summed E-state index contributed by atoms with van der Waals surface area (Å²) in [6, 6.07) is 0.148. The third kappa shape index (κ3) is 3.52. The Morgan fingerprint density at radius 2 is 2.05 bits per heavy atom. The Morgan fingerprint density at radius 1 is 1.47 bits per heavy atom. The monoisotopic (exact) mass is 285 g/mol. The van der Waals surface area contributed by atoms with Gasteiger partial charge < -0.3 is 9.84 Å². The summed E-state index contributed by atoms with van der Waals surface area (Å²) in [5.74, 6) is -2.37. The maximum absolute atomic E-state index is 12.7. The lowest BCUT2D eigenvalue weighted by Crippen LogP contribution is -2.14. The number of carboxylic acids is 1. The summed E-state index contributed by atoms with van der Waals surface area (Å²) in [7, 11) is 0.875. The van der Waals surface area contributed by atoms with E-state index in [9.17, 15) is 26.7 Å². The lowest BCUT2D eigenvalue weighted by atomic mass is 10.1. The molecule has 0 saturated heterocycles. The van der Waals surface area contributed by atoms with E-state index in [0.29, 0.717) is 0 Å². The summed E-state index contributed by atoms with van der Waals surface area (Å²) in [6.07, 6.45) is -9.16. The van der Waals surface area contributed by atoms with E-state index in [2.05, 4.69) is 9.72 Å². The van der Waals surface area contributed by atoms with Crippen molar-refractivity contribution in [3.8, 4) is 5.75 Å². The predicted molar refractivity (Wildman–Crippen MR) is 52.1 cm³/mol. The van der Waals surface area contributed by atoms with E-state index in [4.69, 9.17) is 5.11 Å². The van der Waals surface area contributed by atoms with Crippen LogP contribution in [0.25, 0.3) is 0 Å². The second-order valence-corrected chi connectivity index (χ2v) is 3.44. The van der Waals surface area contributed by atoms with E-state index >= 15 is 0 Å². The molecule has 0 aromatic carbocycles. The van der Waals surface area contributed by atoms with Crippen molar-refractivity contribution < 1.29 is 36.6 Å². The van der Waals surface area contributed by atoms with Gasteiger partial charge in [-0.1, -0.05) is 0 Å². The minimum absolute atomic E-state index is 0.148. The fourth-order valence-corrected chi connectivity index (χ4v) is 1.42. The number of carbonyl (C=O) groups is 1. The van der Waals surface area contributed by atoms with Gasteiger partial charge in [-0.25, -0.2) is 13.8 Å². The van der Waals surface area contributed by atoms with E-state index in [0.717, 1.165) is 7.11 Å². The molecule has 0 spiro atoms. The number of hydrogen-bond donors (Lipinski definition) is 1. The van der Waals surface area contributed by atoms with Gasteiger partial charge in [0.05, 0.1) is 19.2 Å². The van der Waals surface area contributed by atoms with Crippen molar-refractivity contribution in [3.63, 3.8) is 0 Å². The van der Waals surface area contributed by atoms with Crippen LogP contribution in [0.1, 0.15) is 23.4 Å². The molecule has 0 aliphatic heterocycles. The fourth-order valence-electron chi connectivity index (χ4n) is 1.42. The molecular weight excluding hydrogens is 277 g/mol. The first-order valence-corrected chi connectivity index (χ1v) is 4.81. The number of pyridine rings is 1. The van der Waals surface area contributed by atoms with Crippen molar-refractivity contribution in [3.05, 3.63) is 23.0 Å². The van der Waals surface area contributed by atoms with Crippen LogP contribution in [0.4, 0.5) is 22.0 Å². The van der Waals surface area contributed by atoms with Crippen LogP contribution in [0.2, 0.25) is 0 Å². The highest BCUT2D eigenvalue weighted by Crippen LogP contribution is 2.39. The summed E-state index contributed by atoms with van der Waals surface area (Å²) < 4.78 is 67.5. The lowest BCUT2D eigenvalue weighted by Gasteiger charge is -2.16. The van der Waals surface area contributed by atoms with Crippen LogP contribution < -0.4 is 4.74 Å². The average Bonchev–Trinajstić information content (AvgIpc) is 2.25. The van der Waals surface area contributed by atoms with Gasteiger partial charge >= 0.3 is 12.1 Å². The van der Waals surface area contributed by atoms with E-state index in [1.807, 2.05) is 0 Å². The topological polar surface area (TPSA) is 59.4 Å². The molecule has 106 valence electrons. The quantitative estimate of drug-likeness (QED) is 0.864. The molecule has 0 bridgehead atoms. The molecule has 1 aromatic rings. The molecule has 0 fully saturated rings. The first kappa shape index (κ1) is 15.1. The maximum Gasteiger partial charge on any atom is 0.420 e. The van der Waals surface area contributed by atoms with Crippen LogP contribution in [-0.2, 0) is 17.4 Å². The summed E-state index contributed by atoms with van der Waals surface area (Å²) in [5, 5.41) is 8.55. The number of aliphatic carboxylic acids is 1. The number of nitrogens with zero attached hydrogens (tertiary/aromatic N) is 1. The molecule has 4 nitrogen and oxygen atoms in total. The molecule has 1 aromatic heterocycles. The number of aromatic nitrogens is 1. The number of carboxylic acid groups (broad SMARTS) is 1. The molecule has 1 heterocycles. The van der Waals surface area contributed by atoms with Crippen molar-refractivity contribution in [2.75, 3.05) is 7.11 Å².